The molecule has 0 N–H and O–H groups in total. The zero-order valence-electron chi connectivity index (χ0n) is 20.9. The minimum Gasteiger partial charge on any atom is -0.493 e. The van der Waals surface area contributed by atoms with Gasteiger partial charge in [0.1, 0.15) is 6.61 Å². The number of carbonyl (C=O) groups is 2. The van der Waals surface area contributed by atoms with E-state index in [0.717, 1.165) is 76.8 Å². The summed E-state index contributed by atoms with van der Waals surface area (Å²) >= 11 is 3.46. The highest BCUT2D eigenvalue weighted by Crippen LogP contribution is 2.50. The number of carbonyl (C=O) groups excluding carboxylic acids is 2. The van der Waals surface area contributed by atoms with Crippen LogP contribution in [0.15, 0.2) is 69.5 Å². The number of Topliss-reactive ketones (excluding diaryl/α,β-unsaturated/α-hetero) is 2. The van der Waals surface area contributed by atoms with Gasteiger partial charge in [0, 0.05) is 52.3 Å². The Kier molecular flexibility index (Phi) is 7.33. The van der Waals surface area contributed by atoms with E-state index >= 15 is 0 Å². The van der Waals surface area contributed by atoms with Crippen LogP contribution >= 0.6 is 15.9 Å². The molecule has 3 aliphatic rings. The molecule has 0 fully saturated rings. The van der Waals surface area contributed by atoms with Crippen molar-refractivity contribution in [3.05, 3.63) is 80.6 Å². The highest BCUT2D eigenvalue weighted by molar-refractivity contribution is 9.10. The lowest BCUT2D eigenvalue weighted by Crippen LogP contribution is -2.39. The van der Waals surface area contributed by atoms with E-state index in [9.17, 15) is 9.59 Å². The molecule has 1 aliphatic heterocycles. The molecule has 0 unspecified atom stereocenters. The van der Waals surface area contributed by atoms with E-state index in [-0.39, 0.29) is 17.5 Å². The van der Waals surface area contributed by atoms with Crippen LogP contribution < -0.4 is 9.47 Å². The van der Waals surface area contributed by atoms with E-state index in [1.807, 2.05) is 42.5 Å². The van der Waals surface area contributed by atoms with Gasteiger partial charge in [-0.2, -0.15) is 0 Å². The number of nitrogens with zero attached hydrogens (tertiary/aromatic N) is 1. The summed E-state index contributed by atoms with van der Waals surface area (Å²) in [6.07, 6.45) is 5.55. The number of hydrogen-bond donors (Lipinski definition) is 0. The maximum absolute atomic E-state index is 13.4. The number of ketones is 2. The third-order valence-electron chi connectivity index (χ3n) is 7.36. The van der Waals surface area contributed by atoms with E-state index in [2.05, 4.69) is 27.8 Å². The average Bonchev–Trinajstić information content (AvgIpc) is 2.89. The molecule has 0 aromatic heterocycles. The quantitative estimate of drug-likeness (QED) is 0.377. The van der Waals surface area contributed by atoms with Gasteiger partial charge in [-0.25, -0.2) is 0 Å². The van der Waals surface area contributed by atoms with E-state index in [4.69, 9.17) is 9.47 Å². The molecule has 0 saturated carbocycles. The third-order valence-corrected chi connectivity index (χ3v) is 7.89. The standard InChI is InChI=1S/C30H32BrNO4/c1-3-16-32-22-6-4-8-24(33)29(22)28(30-23(32)7-5-9-25(30)34)20-12-15-26(27(17-20)35-2)36-18-19-10-13-21(31)14-11-19/h10-15,17,28H,3-9,16,18H2,1-2H3. The van der Waals surface area contributed by atoms with Crippen LogP contribution in [-0.4, -0.2) is 30.1 Å². The summed E-state index contributed by atoms with van der Waals surface area (Å²) in [5, 5.41) is 0. The van der Waals surface area contributed by atoms with Gasteiger partial charge in [0.05, 0.1) is 7.11 Å². The smallest absolute Gasteiger partial charge is 0.161 e. The number of rotatable bonds is 7. The predicted octanol–water partition coefficient (Wildman–Crippen LogP) is 6.86. The molecule has 2 aliphatic carbocycles. The topological polar surface area (TPSA) is 55.8 Å². The molecule has 188 valence electrons. The van der Waals surface area contributed by atoms with Gasteiger partial charge in [-0.15, -0.1) is 0 Å². The van der Waals surface area contributed by atoms with Crippen LogP contribution in [-0.2, 0) is 16.2 Å². The van der Waals surface area contributed by atoms with Crippen LogP contribution in [0.1, 0.15) is 68.9 Å². The lowest BCUT2D eigenvalue weighted by atomic mass is 9.71. The van der Waals surface area contributed by atoms with Gasteiger partial charge < -0.3 is 14.4 Å². The second-order valence-corrected chi connectivity index (χ2v) is 10.6. The minimum absolute atomic E-state index is 0.168. The van der Waals surface area contributed by atoms with E-state index < -0.39 is 0 Å². The van der Waals surface area contributed by atoms with Crippen LogP contribution in [0.4, 0.5) is 0 Å². The van der Waals surface area contributed by atoms with Crippen molar-refractivity contribution in [1.82, 2.24) is 4.90 Å². The number of allylic oxidation sites excluding steroid dienone is 4. The molecule has 0 radical (unpaired) electrons. The van der Waals surface area contributed by atoms with Crippen molar-refractivity contribution in [2.45, 2.75) is 64.4 Å². The van der Waals surface area contributed by atoms with Crippen LogP contribution in [0, 0.1) is 0 Å². The Morgan fingerprint density at radius 3 is 2.11 bits per heavy atom. The third kappa shape index (κ3) is 4.63. The molecule has 5 nitrogen and oxygen atoms in total. The fourth-order valence-corrected chi connectivity index (χ4v) is 6.03. The molecule has 36 heavy (non-hydrogen) atoms. The van der Waals surface area contributed by atoms with Crippen molar-refractivity contribution in [3.63, 3.8) is 0 Å². The zero-order valence-corrected chi connectivity index (χ0v) is 22.5. The van der Waals surface area contributed by atoms with Crippen molar-refractivity contribution in [2.75, 3.05) is 13.7 Å². The summed E-state index contributed by atoms with van der Waals surface area (Å²) in [5.74, 6) is 1.25. The molecule has 1 heterocycles. The van der Waals surface area contributed by atoms with Gasteiger partial charge in [0.15, 0.2) is 23.1 Å². The second kappa shape index (κ2) is 10.6. The average molecular weight is 550 g/mol. The van der Waals surface area contributed by atoms with Gasteiger partial charge in [-0.1, -0.05) is 41.1 Å². The van der Waals surface area contributed by atoms with E-state index in [1.54, 1.807) is 7.11 Å². The Morgan fingerprint density at radius 1 is 0.889 bits per heavy atom. The lowest BCUT2D eigenvalue weighted by molar-refractivity contribution is -0.117. The van der Waals surface area contributed by atoms with Crippen molar-refractivity contribution < 1.29 is 19.1 Å². The van der Waals surface area contributed by atoms with Gasteiger partial charge in [0.2, 0.25) is 0 Å². The molecular weight excluding hydrogens is 518 g/mol. The number of hydrogen-bond acceptors (Lipinski definition) is 5. The van der Waals surface area contributed by atoms with Crippen molar-refractivity contribution >= 4 is 27.5 Å². The zero-order chi connectivity index (χ0) is 25.2. The monoisotopic (exact) mass is 549 g/mol. The number of methoxy groups -OCH3 is 1. The summed E-state index contributed by atoms with van der Waals surface area (Å²) in [6, 6.07) is 13.9. The Morgan fingerprint density at radius 2 is 1.53 bits per heavy atom. The molecule has 0 bridgehead atoms. The Hall–Kier alpha value is -2.86. The highest BCUT2D eigenvalue weighted by Gasteiger charge is 2.43. The van der Waals surface area contributed by atoms with Crippen LogP contribution in [0.25, 0.3) is 0 Å². The van der Waals surface area contributed by atoms with Crippen LogP contribution in [0.2, 0.25) is 0 Å². The first kappa shape index (κ1) is 24.8. The maximum Gasteiger partial charge on any atom is 0.161 e. The molecule has 0 spiro atoms. The first-order valence-corrected chi connectivity index (χ1v) is 13.7. The van der Waals surface area contributed by atoms with Crippen molar-refractivity contribution in [1.29, 1.82) is 0 Å². The maximum atomic E-state index is 13.4. The first-order valence-electron chi connectivity index (χ1n) is 12.9. The Labute approximate surface area is 221 Å². The largest absolute Gasteiger partial charge is 0.493 e. The number of benzene rings is 2. The molecular formula is C30H32BrNO4. The van der Waals surface area contributed by atoms with Gasteiger partial charge in [0.25, 0.3) is 0 Å². The van der Waals surface area contributed by atoms with Gasteiger partial charge in [-0.3, -0.25) is 9.59 Å². The SMILES string of the molecule is CCCN1C2=C(C(=O)CCC2)C(c2ccc(OCc3ccc(Br)cc3)c(OC)c2)C2=C1CCCC2=O. The lowest BCUT2D eigenvalue weighted by Gasteiger charge is -2.44. The Bertz CT molecular complexity index is 1200. The fraction of sp³-hybridized carbons (Fsp3) is 0.400. The summed E-state index contributed by atoms with van der Waals surface area (Å²) in [7, 11) is 1.63. The molecule has 0 amide bonds. The Balaban J connectivity index is 1.55. The fourth-order valence-electron chi connectivity index (χ4n) is 5.77. The first-order chi connectivity index (χ1) is 17.5. The van der Waals surface area contributed by atoms with Crippen molar-refractivity contribution in [3.8, 4) is 11.5 Å². The molecule has 2 aromatic carbocycles. The minimum atomic E-state index is -0.335. The molecule has 5 rings (SSSR count). The van der Waals surface area contributed by atoms with E-state index in [1.165, 1.54) is 0 Å². The highest BCUT2D eigenvalue weighted by atomic mass is 79.9. The number of ether oxygens (including phenoxy) is 2. The second-order valence-electron chi connectivity index (χ2n) is 9.68. The summed E-state index contributed by atoms with van der Waals surface area (Å²) in [6.45, 7) is 3.41. The summed E-state index contributed by atoms with van der Waals surface area (Å²) in [4.78, 5) is 29.0. The van der Waals surface area contributed by atoms with Crippen molar-refractivity contribution in [2.24, 2.45) is 0 Å². The van der Waals surface area contributed by atoms with Gasteiger partial charge >= 0.3 is 0 Å². The molecule has 0 saturated heterocycles. The van der Waals surface area contributed by atoms with Gasteiger partial charge in [-0.05, 0) is 67.5 Å². The number of halogens is 1. The normalized spacial score (nSPS) is 18.4. The molecule has 6 heteroatoms. The van der Waals surface area contributed by atoms with Crippen LogP contribution in [0.5, 0.6) is 11.5 Å². The summed E-state index contributed by atoms with van der Waals surface area (Å²) < 4.78 is 12.8. The molecule has 0 atom stereocenters. The van der Waals surface area contributed by atoms with E-state index in [0.29, 0.717) is 30.9 Å². The predicted molar refractivity (Wildman–Crippen MR) is 143 cm³/mol. The molecule has 2 aromatic rings. The van der Waals surface area contributed by atoms with Crippen LogP contribution in [0.3, 0.4) is 0 Å². The summed E-state index contributed by atoms with van der Waals surface area (Å²) in [5.41, 5.74) is 5.85.